The average molecular weight is 366 g/mol. The van der Waals surface area contributed by atoms with Gasteiger partial charge in [0.2, 0.25) is 0 Å². The number of aryl methyl sites for hydroxylation is 2. The molecule has 0 radical (unpaired) electrons. The van der Waals surface area contributed by atoms with Gasteiger partial charge < -0.3 is 9.42 Å². The van der Waals surface area contributed by atoms with E-state index in [1.54, 1.807) is 23.4 Å². The molecule has 1 fully saturated rings. The van der Waals surface area contributed by atoms with Gasteiger partial charge in [0.05, 0.1) is 28.7 Å². The molecule has 0 aromatic carbocycles. The molecule has 0 N–H and O–H groups in total. The molecule has 4 rings (SSSR count). The lowest BCUT2D eigenvalue weighted by Crippen LogP contribution is -2.38. The number of amides is 1. The average Bonchev–Trinajstić information content (AvgIpc) is 3.27. The van der Waals surface area contributed by atoms with Gasteiger partial charge in [-0.2, -0.15) is 5.10 Å². The third-order valence-electron chi connectivity index (χ3n) is 5.27. The van der Waals surface area contributed by atoms with Gasteiger partial charge in [-0.1, -0.05) is 5.16 Å². The smallest absolute Gasteiger partial charge is 0.257 e. The van der Waals surface area contributed by atoms with Gasteiger partial charge in [-0.15, -0.1) is 0 Å². The van der Waals surface area contributed by atoms with Crippen LogP contribution in [0.2, 0.25) is 0 Å². The molecule has 8 heteroatoms. The maximum absolute atomic E-state index is 12.8. The van der Waals surface area contributed by atoms with Crippen molar-refractivity contribution in [2.45, 2.75) is 32.6 Å². The van der Waals surface area contributed by atoms with Gasteiger partial charge in [0.15, 0.2) is 5.76 Å². The van der Waals surface area contributed by atoms with Crippen molar-refractivity contribution in [1.82, 2.24) is 29.8 Å². The molecule has 3 aromatic heterocycles. The van der Waals surface area contributed by atoms with Crippen LogP contribution in [0.5, 0.6) is 0 Å². The van der Waals surface area contributed by atoms with Gasteiger partial charge in [-0.05, 0) is 26.7 Å². The van der Waals surface area contributed by atoms with E-state index in [1.165, 1.54) is 0 Å². The van der Waals surface area contributed by atoms with Crippen LogP contribution in [0.25, 0.3) is 11.3 Å². The topological polar surface area (TPSA) is 89.9 Å². The Morgan fingerprint density at radius 1 is 1.22 bits per heavy atom. The van der Waals surface area contributed by atoms with Crippen LogP contribution in [-0.4, -0.2) is 48.8 Å². The van der Waals surface area contributed by atoms with Gasteiger partial charge in [0.25, 0.3) is 5.91 Å². The number of carbonyl (C=O) groups is 1. The molecular formula is C19H22N6O2. The number of likely N-dealkylation sites (tertiary alicyclic amines) is 1. The van der Waals surface area contributed by atoms with E-state index in [0.717, 1.165) is 35.5 Å². The van der Waals surface area contributed by atoms with Crippen molar-refractivity contribution >= 4 is 5.91 Å². The molecule has 8 nitrogen and oxygen atoms in total. The minimum absolute atomic E-state index is 0.0489. The molecule has 0 unspecified atom stereocenters. The fraction of sp³-hybridized carbons (Fsp3) is 0.421. The summed E-state index contributed by atoms with van der Waals surface area (Å²) in [6, 6.07) is 1.89. The van der Waals surface area contributed by atoms with Gasteiger partial charge in [0.1, 0.15) is 6.33 Å². The number of nitrogens with zero attached hydrogens (tertiary/aromatic N) is 6. The molecule has 1 aliphatic rings. The highest BCUT2D eigenvalue weighted by Gasteiger charge is 2.29. The highest BCUT2D eigenvalue weighted by atomic mass is 16.5. The molecule has 0 spiro atoms. The predicted molar refractivity (Wildman–Crippen MR) is 98.1 cm³/mol. The second-order valence-corrected chi connectivity index (χ2v) is 6.99. The fourth-order valence-electron chi connectivity index (χ4n) is 3.58. The maximum Gasteiger partial charge on any atom is 0.257 e. The zero-order valence-corrected chi connectivity index (χ0v) is 15.7. The molecule has 0 saturated carbocycles. The summed E-state index contributed by atoms with van der Waals surface area (Å²) in [6.07, 6.45) is 6.69. The van der Waals surface area contributed by atoms with E-state index in [0.29, 0.717) is 24.4 Å². The first kappa shape index (κ1) is 17.4. The lowest BCUT2D eigenvalue weighted by Gasteiger charge is -2.32. The normalized spacial score (nSPS) is 15.3. The minimum Gasteiger partial charge on any atom is -0.356 e. The number of aromatic nitrogens is 5. The van der Waals surface area contributed by atoms with Crippen molar-refractivity contribution in [2.75, 3.05) is 13.1 Å². The molecule has 1 saturated heterocycles. The summed E-state index contributed by atoms with van der Waals surface area (Å²) in [5.41, 5.74) is 4.24. The largest absolute Gasteiger partial charge is 0.356 e. The third-order valence-corrected chi connectivity index (χ3v) is 5.27. The number of piperidine rings is 1. The minimum atomic E-state index is 0.0489. The second-order valence-electron chi connectivity index (χ2n) is 6.99. The summed E-state index contributed by atoms with van der Waals surface area (Å²) in [7, 11) is 1.85. The Kier molecular flexibility index (Phi) is 4.47. The Morgan fingerprint density at radius 2 is 2.00 bits per heavy atom. The number of hydrogen-bond donors (Lipinski definition) is 0. The number of carbonyl (C=O) groups excluding carboxylic acids is 1. The Hall–Kier alpha value is -3.03. The molecule has 0 atom stereocenters. The first-order chi connectivity index (χ1) is 13.0. The SMILES string of the molecule is Cc1cc(-c2cncnc2C2CCN(C(=O)c3cnn(C)c3C)CC2)on1. The first-order valence-corrected chi connectivity index (χ1v) is 9.06. The Morgan fingerprint density at radius 3 is 2.63 bits per heavy atom. The Bertz CT molecular complexity index is 968. The lowest BCUT2D eigenvalue weighted by atomic mass is 9.90. The van der Waals surface area contributed by atoms with E-state index in [2.05, 4.69) is 20.2 Å². The molecule has 3 aromatic rings. The maximum atomic E-state index is 12.8. The standard InChI is InChI=1S/C19H22N6O2/c1-12-8-17(27-23-12)16-9-20-11-21-18(16)14-4-6-25(7-5-14)19(26)15-10-22-24(3)13(15)2/h8-11,14H,4-7H2,1-3H3. The fourth-order valence-corrected chi connectivity index (χ4v) is 3.58. The molecule has 4 heterocycles. The summed E-state index contributed by atoms with van der Waals surface area (Å²) < 4.78 is 7.14. The van der Waals surface area contributed by atoms with Crippen LogP contribution < -0.4 is 0 Å². The van der Waals surface area contributed by atoms with Crippen LogP contribution in [0.4, 0.5) is 0 Å². The summed E-state index contributed by atoms with van der Waals surface area (Å²) >= 11 is 0. The van der Waals surface area contributed by atoms with Crippen molar-refractivity contribution in [3.63, 3.8) is 0 Å². The molecule has 27 heavy (non-hydrogen) atoms. The third kappa shape index (κ3) is 3.22. The number of rotatable bonds is 3. The molecule has 1 amide bonds. The van der Waals surface area contributed by atoms with Crippen LogP contribution in [0.15, 0.2) is 29.3 Å². The van der Waals surface area contributed by atoms with Crippen molar-refractivity contribution < 1.29 is 9.32 Å². The van der Waals surface area contributed by atoms with Crippen LogP contribution in [-0.2, 0) is 7.05 Å². The highest BCUT2D eigenvalue weighted by molar-refractivity contribution is 5.95. The van der Waals surface area contributed by atoms with Gasteiger partial charge >= 0.3 is 0 Å². The van der Waals surface area contributed by atoms with Crippen LogP contribution >= 0.6 is 0 Å². The molecule has 140 valence electrons. The van der Waals surface area contributed by atoms with E-state index in [-0.39, 0.29) is 11.8 Å². The van der Waals surface area contributed by atoms with Crippen molar-refractivity contribution in [3.05, 3.63) is 47.4 Å². The number of hydrogen-bond acceptors (Lipinski definition) is 6. The van der Waals surface area contributed by atoms with E-state index in [4.69, 9.17) is 4.52 Å². The summed E-state index contributed by atoms with van der Waals surface area (Å²) in [5.74, 6) is 0.993. The molecule has 0 aliphatic carbocycles. The summed E-state index contributed by atoms with van der Waals surface area (Å²) in [5, 5.41) is 8.14. The van der Waals surface area contributed by atoms with Crippen molar-refractivity contribution in [3.8, 4) is 11.3 Å². The van der Waals surface area contributed by atoms with Crippen LogP contribution in [0.3, 0.4) is 0 Å². The molecule has 1 aliphatic heterocycles. The summed E-state index contributed by atoms with van der Waals surface area (Å²) in [4.78, 5) is 23.4. The molecular weight excluding hydrogens is 344 g/mol. The van der Waals surface area contributed by atoms with Gasteiger partial charge in [-0.25, -0.2) is 9.97 Å². The van der Waals surface area contributed by atoms with Gasteiger partial charge in [0, 0.05) is 44.0 Å². The van der Waals surface area contributed by atoms with Crippen molar-refractivity contribution in [1.29, 1.82) is 0 Å². The Labute approximate surface area is 157 Å². The van der Waals surface area contributed by atoms with E-state index >= 15 is 0 Å². The quantitative estimate of drug-likeness (QED) is 0.707. The zero-order valence-electron chi connectivity index (χ0n) is 15.7. The Balaban J connectivity index is 1.50. The van der Waals surface area contributed by atoms with Crippen LogP contribution in [0.1, 0.15) is 46.2 Å². The highest BCUT2D eigenvalue weighted by Crippen LogP contribution is 2.34. The van der Waals surface area contributed by atoms with E-state index < -0.39 is 0 Å². The zero-order chi connectivity index (χ0) is 19.0. The predicted octanol–water partition coefficient (Wildman–Crippen LogP) is 2.50. The monoisotopic (exact) mass is 366 g/mol. The first-order valence-electron chi connectivity index (χ1n) is 9.06. The van der Waals surface area contributed by atoms with Gasteiger partial charge in [-0.3, -0.25) is 9.48 Å². The van der Waals surface area contributed by atoms with E-state index in [9.17, 15) is 4.79 Å². The summed E-state index contributed by atoms with van der Waals surface area (Å²) in [6.45, 7) is 5.19. The van der Waals surface area contributed by atoms with E-state index in [1.807, 2.05) is 31.9 Å². The van der Waals surface area contributed by atoms with Crippen molar-refractivity contribution in [2.24, 2.45) is 7.05 Å². The second kappa shape index (κ2) is 6.94. The van der Waals surface area contributed by atoms with Crippen LogP contribution in [0, 0.1) is 13.8 Å². The lowest BCUT2D eigenvalue weighted by molar-refractivity contribution is 0.0711. The molecule has 0 bridgehead atoms.